The normalized spacial score (nSPS) is 15.1. The van der Waals surface area contributed by atoms with Crippen molar-refractivity contribution in [3.05, 3.63) is 23.8 Å². The minimum Gasteiger partial charge on any atom is -0.504 e. The predicted molar refractivity (Wildman–Crippen MR) is 113 cm³/mol. The van der Waals surface area contributed by atoms with Crippen LogP contribution in [0.1, 0.15) is 72.3 Å². The summed E-state index contributed by atoms with van der Waals surface area (Å²) in [6, 6.07) is 5.57. The van der Waals surface area contributed by atoms with Crippen LogP contribution in [0.15, 0.2) is 18.2 Å². The van der Waals surface area contributed by atoms with E-state index in [0.717, 1.165) is 30.7 Å². The molecule has 0 radical (unpaired) electrons. The number of benzene rings is 1. The van der Waals surface area contributed by atoms with Gasteiger partial charge in [0, 0.05) is 5.54 Å². The first kappa shape index (κ1) is 23.8. The second-order valence-corrected chi connectivity index (χ2v) is 9.16. The molecular weight excluding hydrogens is 338 g/mol. The number of nitrogens with two attached hydrogens (primary N) is 1. The fourth-order valence-electron chi connectivity index (χ4n) is 3.48. The van der Waals surface area contributed by atoms with E-state index >= 15 is 0 Å². The highest BCUT2D eigenvalue weighted by Gasteiger charge is 2.25. The number of hydrogen-bond donors (Lipinski definition) is 3. The SMILES string of the molecule is CC(C)CCCC(C)COc1ccc(CC[C@@](N)(CO)CC(C)C)cc1O. The zero-order valence-electron chi connectivity index (χ0n) is 18.0. The molecule has 1 aromatic carbocycles. The Morgan fingerprint density at radius 3 is 2.33 bits per heavy atom. The molecule has 2 atom stereocenters. The average molecular weight is 380 g/mol. The first-order valence-electron chi connectivity index (χ1n) is 10.5. The van der Waals surface area contributed by atoms with E-state index in [0.29, 0.717) is 30.6 Å². The van der Waals surface area contributed by atoms with Crippen LogP contribution in [0.2, 0.25) is 0 Å². The standard InChI is InChI=1S/C23H41NO3/c1-17(2)7-6-8-19(5)15-27-22-10-9-20(13-21(22)26)11-12-23(24,16-25)14-18(3)4/h9-10,13,17-19,25-26H,6-8,11-12,14-16,24H2,1-5H3/t19?,23-/m0/s1. The van der Waals surface area contributed by atoms with Gasteiger partial charge in [-0.1, -0.05) is 53.5 Å². The van der Waals surface area contributed by atoms with E-state index in [9.17, 15) is 10.2 Å². The lowest BCUT2D eigenvalue weighted by Crippen LogP contribution is -2.45. The van der Waals surface area contributed by atoms with Crippen molar-refractivity contribution in [2.45, 2.75) is 78.7 Å². The molecule has 4 N–H and O–H groups in total. The predicted octanol–water partition coefficient (Wildman–Crippen LogP) is 4.90. The van der Waals surface area contributed by atoms with E-state index in [1.807, 2.05) is 12.1 Å². The molecule has 0 aliphatic heterocycles. The van der Waals surface area contributed by atoms with Crippen LogP contribution in [-0.4, -0.2) is 29.0 Å². The van der Waals surface area contributed by atoms with Crippen LogP contribution in [0, 0.1) is 17.8 Å². The molecule has 1 aromatic rings. The van der Waals surface area contributed by atoms with E-state index in [1.165, 1.54) is 12.8 Å². The van der Waals surface area contributed by atoms with Crippen LogP contribution >= 0.6 is 0 Å². The van der Waals surface area contributed by atoms with Gasteiger partial charge in [0.15, 0.2) is 11.5 Å². The topological polar surface area (TPSA) is 75.7 Å². The second kappa shape index (κ2) is 11.6. The van der Waals surface area contributed by atoms with Gasteiger partial charge >= 0.3 is 0 Å². The van der Waals surface area contributed by atoms with Crippen molar-refractivity contribution >= 4 is 0 Å². The second-order valence-electron chi connectivity index (χ2n) is 9.16. The lowest BCUT2D eigenvalue weighted by atomic mass is 9.85. The lowest BCUT2D eigenvalue weighted by molar-refractivity contribution is 0.165. The van der Waals surface area contributed by atoms with Crippen LogP contribution in [0.5, 0.6) is 11.5 Å². The molecule has 0 aliphatic carbocycles. The van der Waals surface area contributed by atoms with Gasteiger partial charge in [-0.2, -0.15) is 0 Å². The molecule has 0 amide bonds. The number of aryl methyl sites for hydroxylation is 1. The van der Waals surface area contributed by atoms with Crippen molar-refractivity contribution in [2.75, 3.05) is 13.2 Å². The van der Waals surface area contributed by atoms with Gasteiger partial charge in [-0.15, -0.1) is 0 Å². The van der Waals surface area contributed by atoms with E-state index in [4.69, 9.17) is 10.5 Å². The third-order valence-electron chi connectivity index (χ3n) is 5.07. The zero-order chi connectivity index (χ0) is 20.4. The molecule has 4 nitrogen and oxygen atoms in total. The molecule has 1 rings (SSSR count). The third kappa shape index (κ3) is 9.48. The fourth-order valence-corrected chi connectivity index (χ4v) is 3.48. The fraction of sp³-hybridized carbons (Fsp3) is 0.739. The van der Waals surface area contributed by atoms with Gasteiger partial charge in [0.1, 0.15) is 0 Å². The highest BCUT2D eigenvalue weighted by Crippen LogP contribution is 2.29. The van der Waals surface area contributed by atoms with Crippen molar-refractivity contribution in [1.82, 2.24) is 0 Å². The number of aromatic hydroxyl groups is 1. The van der Waals surface area contributed by atoms with Gasteiger partial charge in [-0.3, -0.25) is 0 Å². The number of aliphatic hydroxyl groups excluding tert-OH is 1. The maximum atomic E-state index is 10.3. The smallest absolute Gasteiger partial charge is 0.160 e. The molecule has 27 heavy (non-hydrogen) atoms. The summed E-state index contributed by atoms with van der Waals surface area (Å²) in [7, 11) is 0. The molecular formula is C23H41NO3. The Hall–Kier alpha value is -1.26. The summed E-state index contributed by atoms with van der Waals surface area (Å²) in [5.41, 5.74) is 6.76. The molecule has 0 bridgehead atoms. The van der Waals surface area contributed by atoms with Crippen LogP contribution in [-0.2, 0) is 6.42 Å². The van der Waals surface area contributed by atoms with Crippen LogP contribution in [0.4, 0.5) is 0 Å². The first-order chi connectivity index (χ1) is 12.6. The van der Waals surface area contributed by atoms with Gasteiger partial charge in [-0.05, 0) is 61.1 Å². The van der Waals surface area contributed by atoms with Gasteiger partial charge in [0.2, 0.25) is 0 Å². The maximum Gasteiger partial charge on any atom is 0.160 e. The van der Waals surface area contributed by atoms with Gasteiger partial charge < -0.3 is 20.7 Å². The van der Waals surface area contributed by atoms with Gasteiger partial charge in [0.25, 0.3) is 0 Å². The Morgan fingerprint density at radius 1 is 1.07 bits per heavy atom. The molecule has 1 unspecified atom stereocenters. The number of rotatable bonds is 13. The van der Waals surface area contributed by atoms with Crippen molar-refractivity contribution < 1.29 is 14.9 Å². The molecule has 156 valence electrons. The summed E-state index contributed by atoms with van der Waals surface area (Å²) >= 11 is 0. The summed E-state index contributed by atoms with van der Waals surface area (Å²) < 4.78 is 5.82. The highest BCUT2D eigenvalue weighted by atomic mass is 16.5. The van der Waals surface area contributed by atoms with Crippen molar-refractivity contribution in [3.63, 3.8) is 0 Å². The molecule has 0 aliphatic rings. The van der Waals surface area contributed by atoms with E-state index in [1.54, 1.807) is 6.07 Å². The molecule has 4 heteroatoms. The first-order valence-corrected chi connectivity index (χ1v) is 10.5. The third-order valence-corrected chi connectivity index (χ3v) is 5.07. The number of hydrogen-bond acceptors (Lipinski definition) is 4. The van der Waals surface area contributed by atoms with Crippen molar-refractivity contribution in [3.8, 4) is 11.5 Å². The number of phenols is 1. The zero-order valence-corrected chi connectivity index (χ0v) is 18.0. The Balaban J connectivity index is 2.51. The molecule has 0 aromatic heterocycles. The minimum atomic E-state index is -0.565. The average Bonchev–Trinajstić information content (AvgIpc) is 2.58. The Kier molecular flexibility index (Phi) is 10.2. The molecule has 0 saturated carbocycles. The molecule has 0 saturated heterocycles. The largest absolute Gasteiger partial charge is 0.504 e. The maximum absolute atomic E-state index is 10.3. The highest BCUT2D eigenvalue weighted by molar-refractivity contribution is 5.41. The van der Waals surface area contributed by atoms with Crippen LogP contribution < -0.4 is 10.5 Å². The Morgan fingerprint density at radius 2 is 1.78 bits per heavy atom. The number of ether oxygens (including phenoxy) is 1. The van der Waals surface area contributed by atoms with Crippen molar-refractivity contribution in [1.29, 1.82) is 0 Å². The van der Waals surface area contributed by atoms with E-state index in [2.05, 4.69) is 34.6 Å². The monoisotopic (exact) mass is 379 g/mol. The Labute approximate surface area is 166 Å². The molecule has 0 heterocycles. The van der Waals surface area contributed by atoms with E-state index < -0.39 is 5.54 Å². The number of aliphatic hydroxyl groups is 1. The van der Waals surface area contributed by atoms with Crippen LogP contribution in [0.25, 0.3) is 0 Å². The summed E-state index contributed by atoms with van der Waals surface area (Å²) in [6.07, 6.45) is 5.81. The minimum absolute atomic E-state index is 0.0208. The van der Waals surface area contributed by atoms with E-state index in [-0.39, 0.29) is 12.4 Å². The summed E-state index contributed by atoms with van der Waals surface area (Å²) in [6.45, 7) is 11.5. The summed E-state index contributed by atoms with van der Waals surface area (Å²) in [5.74, 6) is 2.37. The molecule has 0 fully saturated rings. The molecule has 0 spiro atoms. The number of phenolic OH excluding ortho intramolecular Hbond substituents is 1. The van der Waals surface area contributed by atoms with Gasteiger partial charge in [0.05, 0.1) is 13.2 Å². The Bertz CT molecular complexity index is 544. The quantitative estimate of drug-likeness (QED) is 0.455. The van der Waals surface area contributed by atoms with Crippen molar-refractivity contribution in [2.24, 2.45) is 23.5 Å². The van der Waals surface area contributed by atoms with Crippen LogP contribution in [0.3, 0.4) is 0 Å². The van der Waals surface area contributed by atoms with Gasteiger partial charge in [-0.25, -0.2) is 0 Å². The summed E-state index contributed by atoms with van der Waals surface area (Å²) in [4.78, 5) is 0. The lowest BCUT2D eigenvalue weighted by Gasteiger charge is -2.29. The summed E-state index contributed by atoms with van der Waals surface area (Å²) in [5, 5.41) is 19.9.